The summed E-state index contributed by atoms with van der Waals surface area (Å²) in [5.41, 5.74) is 26.4. The van der Waals surface area contributed by atoms with Gasteiger partial charge in [-0.25, -0.2) is 0 Å². The number of benzene rings is 11. The van der Waals surface area contributed by atoms with E-state index in [0.717, 1.165) is 34.1 Å². The second-order valence-corrected chi connectivity index (χ2v) is 20.0. The van der Waals surface area contributed by atoms with Crippen molar-refractivity contribution in [2.24, 2.45) is 0 Å². The first-order chi connectivity index (χ1) is 35.5. The summed E-state index contributed by atoms with van der Waals surface area (Å²) in [5.74, 6) is 0. The molecule has 0 aliphatic heterocycles. The highest BCUT2D eigenvalue weighted by atomic mass is 15.2. The number of fused-ring (bicyclic) bond motifs is 13. The van der Waals surface area contributed by atoms with E-state index < -0.39 is 5.41 Å². The van der Waals surface area contributed by atoms with Gasteiger partial charge in [-0.15, -0.1) is 0 Å². The molecule has 0 N–H and O–H groups in total. The highest BCUT2D eigenvalue weighted by molar-refractivity contribution is 6.02. The van der Waals surface area contributed by atoms with Gasteiger partial charge in [0.15, 0.2) is 0 Å². The number of anilines is 6. The molecule has 1 spiro atoms. The Morgan fingerprint density at radius 3 is 1.35 bits per heavy atom. The molecule has 3 aliphatic rings. The van der Waals surface area contributed by atoms with E-state index in [1.54, 1.807) is 0 Å². The molecule has 11 aromatic carbocycles. The first-order valence-corrected chi connectivity index (χ1v) is 25.2. The zero-order valence-corrected chi connectivity index (χ0v) is 40.3. The van der Waals surface area contributed by atoms with Gasteiger partial charge in [0, 0.05) is 39.4 Å². The molecule has 72 heavy (non-hydrogen) atoms. The Balaban J connectivity index is 0.995. The Kier molecular flexibility index (Phi) is 9.50. The molecule has 0 saturated heterocycles. The van der Waals surface area contributed by atoms with E-state index in [2.05, 4.69) is 291 Å². The van der Waals surface area contributed by atoms with Gasteiger partial charge >= 0.3 is 0 Å². The first-order valence-electron chi connectivity index (χ1n) is 25.2. The fourth-order valence-corrected chi connectivity index (χ4v) is 12.7. The third kappa shape index (κ3) is 6.22. The third-order valence-electron chi connectivity index (χ3n) is 15.9. The van der Waals surface area contributed by atoms with Crippen LogP contribution in [-0.2, 0) is 10.8 Å². The highest BCUT2D eigenvalue weighted by Gasteiger charge is 2.53. The number of hydrogen-bond acceptors (Lipinski definition) is 2. The van der Waals surface area contributed by atoms with E-state index in [9.17, 15) is 0 Å². The van der Waals surface area contributed by atoms with Crippen LogP contribution in [0.2, 0.25) is 0 Å². The van der Waals surface area contributed by atoms with Crippen LogP contribution in [0.5, 0.6) is 0 Å². The molecule has 340 valence electrons. The average molecular weight is 919 g/mol. The van der Waals surface area contributed by atoms with E-state index in [4.69, 9.17) is 0 Å². The van der Waals surface area contributed by atoms with Crippen molar-refractivity contribution in [1.29, 1.82) is 0 Å². The fraction of sp³-hybridized carbons (Fsp3) is 0.0571. The first kappa shape index (κ1) is 41.9. The maximum Gasteiger partial charge on any atom is 0.0727 e. The maximum atomic E-state index is 2.52. The largest absolute Gasteiger partial charge is 0.310 e. The highest BCUT2D eigenvalue weighted by Crippen LogP contribution is 2.65. The van der Waals surface area contributed by atoms with Gasteiger partial charge in [-0.1, -0.05) is 214 Å². The third-order valence-corrected chi connectivity index (χ3v) is 15.9. The zero-order chi connectivity index (χ0) is 48.0. The van der Waals surface area contributed by atoms with Crippen molar-refractivity contribution in [2.45, 2.75) is 24.7 Å². The van der Waals surface area contributed by atoms with Crippen LogP contribution < -0.4 is 9.80 Å². The second-order valence-electron chi connectivity index (χ2n) is 20.0. The second kappa shape index (κ2) is 16.3. The molecule has 0 aromatic heterocycles. The van der Waals surface area contributed by atoms with Gasteiger partial charge < -0.3 is 9.80 Å². The topological polar surface area (TPSA) is 6.48 Å². The van der Waals surface area contributed by atoms with Gasteiger partial charge in [-0.05, 0) is 150 Å². The lowest BCUT2D eigenvalue weighted by molar-refractivity contribution is 0.660. The maximum absolute atomic E-state index is 2.52. The molecule has 2 nitrogen and oxygen atoms in total. The van der Waals surface area contributed by atoms with E-state index in [1.807, 2.05) is 0 Å². The molecular formula is C70H50N2. The van der Waals surface area contributed by atoms with Crippen LogP contribution in [0.4, 0.5) is 34.1 Å². The lowest BCUT2D eigenvalue weighted by Crippen LogP contribution is -2.26. The van der Waals surface area contributed by atoms with Crippen molar-refractivity contribution < 1.29 is 0 Å². The van der Waals surface area contributed by atoms with Crippen LogP contribution in [0.1, 0.15) is 47.2 Å². The Hall–Kier alpha value is -8.98. The van der Waals surface area contributed by atoms with Crippen LogP contribution in [0.3, 0.4) is 0 Å². The molecular weight excluding hydrogens is 869 g/mol. The SMILES string of the molecule is CC1(C)c2ccccc2-c2ccc(N(c3ccc(-c4ccccc4)cc3)c3ccc4c(c3)C3(c5ccccc5-4)c4ccccc4-c4c(N(c5ccccc5)c5cccc(-c6ccccc6)c5)cccc43)cc21. The van der Waals surface area contributed by atoms with Crippen molar-refractivity contribution in [3.8, 4) is 55.6 Å². The van der Waals surface area contributed by atoms with Crippen molar-refractivity contribution in [3.05, 3.63) is 300 Å². The predicted octanol–water partition coefficient (Wildman–Crippen LogP) is 18.6. The molecule has 3 aliphatic carbocycles. The van der Waals surface area contributed by atoms with Crippen LogP contribution in [0.25, 0.3) is 55.6 Å². The molecule has 0 heterocycles. The van der Waals surface area contributed by atoms with Crippen molar-refractivity contribution in [2.75, 3.05) is 9.80 Å². The summed E-state index contributed by atoms with van der Waals surface area (Å²) in [4.78, 5) is 4.95. The monoisotopic (exact) mass is 918 g/mol. The molecule has 11 aromatic rings. The minimum Gasteiger partial charge on any atom is -0.310 e. The van der Waals surface area contributed by atoms with Gasteiger partial charge in [0.05, 0.1) is 11.1 Å². The van der Waals surface area contributed by atoms with Crippen LogP contribution in [-0.4, -0.2) is 0 Å². The summed E-state index contributed by atoms with van der Waals surface area (Å²) >= 11 is 0. The molecule has 1 unspecified atom stereocenters. The van der Waals surface area contributed by atoms with E-state index >= 15 is 0 Å². The van der Waals surface area contributed by atoms with E-state index in [1.165, 1.54) is 89.0 Å². The van der Waals surface area contributed by atoms with Gasteiger partial charge in [-0.2, -0.15) is 0 Å². The van der Waals surface area contributed by atoms with Crippen molar-refractivity contribution >= 4 is 34.1 Å². The summed E-state index contributed by atoms with van der Waals surface area (Å²) in [5, 5.41) is 0. The molecule has 1 atom stereocenters. The molecule has 0 saturated carbocycles. The fourth-order valence-electron chi connectivity index (χ4n) is 12.7. The number of rotatable bonds is 8. The summed E-state index contributed by atoms with van der Waals surface area (Å²) in [7, 11) is 0. The lowest BCUT2D eigenvalue weighted by Gasteiger charge is -2.33. The van der Waals surface area contributed by atoms with Gasteiger partial charge in [0.1, 0.15) is 0 Å². The van der Waals surface area contributed by atoms with Crippen molar-refractivity contribution in [1.82, 2.24) is 0 Å². The Labute approximate surface area is 422 Å². The summed E-state index contributed by atoms with van der Waals surface area (Å²) in [6, 6.07) is 99.1. The quantitative estimate of drug-likeness (QED) is 0.150. The minimum atomic E-state index is -0.595. The molecule has 0 fully saturated rings. The molecule has 14 rings (SSSR count). The van der Waals surface area contributed by atoms with Crippen LogP contribution in [0.15, 0.2) is 267 Å². The van der Waals surface area contributed by atoms with Gasteiger partial charge in [-0.3, -0.25) is 0 Å². The number of hydrogen-bond donors (Lipinski definition) is 0. The van der Waals surface area contributed by atoms with Crippen molar-refractivity contribution in [3.63, 3.8) is 0 Å². The number of para-hydroxylation sites is 1. The molecule has 0 amide bonds. The summed E-state index contributed by atoms with van der Waals surface area (Å²) in [6.45, 7) is 4.75. The molecule has 2 heteroatoms. The summed E-state index contributed by atoms with van der Waals surface area (Å²) < 4.78 is 0. The molecule has 0 radical (unpaired) electrons. The average Bonchev–Trinajstić information content (AvgIpc) is 4.01. The molecule has 0 bridgehead atoms. The smallest absolute Gasteiger partial charge is 0.0727 e. The minimum absolute atomic E-state index is 0.153. The zero-order valence-electron chi connectivity index (χ0n) is 40.3. The Morgan fingerprint density at radius 2 is 0.667 bits per heavy atom. The number of nitrogens with zero attached hydrogens (tertiary/aromatic N) is 2. The van der Waals surface area contributed by atoms with Gasteiger partial charge in [0.2, 0.25) is 0 Å². The Morgan fingerprint density at radius 1 is 0.250 bits per heavy atom. The standard InChI is InChI=1S/C70H50N2/c1-69(2)61-31-15-12-28-56(61)58-42-40-54(45-65(58)69)71(52-38-36-49(37-39-52)47-20-6-3-7-21-47)55-41-43-59-57-29-13-16-32-62(57)70(66(59)46-55)63-33-17-14-30-60(63)68-64(70)34-19-35-67(68)72(51-25-10-5-11-26-51)53-27-18-24-50(44-53)48-22-8-4-9-23-48/h3-46H,1-2H3. The summed E-state index contributed by atoms with van der Waals surface area (Å²) in [6.07, 6.45) is 0. The van der Waals surface area contributed by atoms with Crippen LogP contribution in [0, 0.1) is 0 Å². The predicted molar refractivity (Wildman–Crippen MR) is 301 cm³/mol. The van der Waals surface area contributed by atoms with E-state index in [0.29, 0.717) is 0 Å². The van der Waals surface area contributed by atoms with Gasteiger partial charge in [0.25, 0.3) is 0 Å². The Bertz CT molecular complexity index is 3890. The lowest BCUT2D eigenvalue weighted by atomic mass is 9.70. The normalized spacial score (nSPS) is 15.0. The van der Waals surface area contributed by atoms with Crippen LogP contribution >= 0.6 is 0 Å². The van der Waals surface area contributed by atoms with E-state index in [-0.39, 0.29) is 5.41 Å².